The summed E-state index contributed by atoms with van der Waals surface area (Å²) in [6.07, 6.45) is -3.17. The first-order valence-electron chi connectivity index (χ1n) is 10.7. The average Bonchev–Trinajstić information content (AvgIpc) is 3.52. The molecule has 1 N–H and O–H groups in total. The van der Waals surface area contributed by atoms with Crippen LogP contribution in [-0.4, -0.2) is 35.7 Å². The first kappa shape index (κ1) is 24.5. The number of sulfonamides is 1. The standard InChI is InChI=1S/C22H22F5N3O3S/c1-12-2-9-17(30(12)34(32,33)16-7-5-15(23)6-8-16)21(31)28-11-14-10-18(22(25,26)27)29-20(19(14)24)13-3-4-13/h5-8,10,12-13,17H,2-4,9,11H2,1H3,(H,28,31)/t12-,17-/m0/s1. The molecular weight excluding hydrogens is 481 g/mol. The first-order chi connectivity index (χ1) is 15.9. The van der Waals surface area contributed by atoms with E-state index in [2.05, 4.69) is 10.3 Å². The summed E-state index contributed by atoms with van der Waals surface area (Å²) in [6.45, 7) is 1.07. The Bertz CT molecular complexity index is 1200. The van der Waals surface area contributed by atoms with Gasteiger partial charge < -0.3 is 5.32 Å². The molecule has 184 valence electrons. The summed E-state index contributed by atoms with van der Waals surface area (Å²) < 4.78 is 95.0. The number of amides is 1. The highest BCUT2D eigenvalue weighted by Crippen LogP contribution is 2.42. The van der Waals surface area contributed by atoms with Gasteiger partial charge in [0.2, 0.25) is 15.9 Å². The number of nitrogens with one attached hydrogen (secondary N) is 1. The minimum absolute atomic E-state index is 0.174. The Morgan fingerprint density at radius 1 is 1.12 bits per heavy atom. The van der Waals surface area contributed by atoms with E-state index >= 15 is 0 Å². The summed E-state index contributed by atoms with van der Waals surface area (Å²) in [5.41, 5.74) is -1.87. The molecule has 12 heteroatoms. The van der Waals surface area contributed by atoms with Crippen LogP contribution in [0.15, 0.2) is 35.2 Å². The van der Waals surface area contributed by atoms with Crippen molar-refractivity contribution in [3.63, 3.8) is 0 Å². The second-order valence-electron chi connectivity index (χ2n) is 8.59. The Morgan fingerprint density at radius 2 is 1.76 bits per heavy atom. The number of pyridine rings is 1. The van der Waals surface area contributed by atoms with Crippen molar-refractivity contribution in [2.24, 2.45) is 0 Å². The summed E-state index contributed by atoms with van der Waals surface area (Å²) in [5, 5.41) is 2.39. The molecular formula is C22H22F5N3O3S. The van der Waals surface area contributed by atoms with E-state index in [-0.39, 0.29) is 28.5 Å². The topological polar surface area (TPSA) is 79.4 Å². The molecule has 1 amide bonds. The predicted octanol–water partition coefficient (Wildman–Crippen LogP) is 4.11. The van der Waals surface area contributed by atoms with Crippen LogP contribution in [0.4, 0.5) is 22.0 Å². The zero-order valence-electron chi connectivity index (χ0n) is 18.1. The number of carbonyl (C=O) groups is 1. The molecule has 6 nitrogen and oxygen atoms in total. The van der Waals surface area contributed by atoms with E-state index in [1.54, 1.807) is 6.92 Å². The van der Waals surface area contributed by atoms with Gasteiger partial charge in [0.25, 0.3) is 0 Å². The molecule has 0 radical (unpaired) electrons. The molecule has 4 rings (SSSR count). The van der Waals surface area contributed by atoms with Crippen molar-refractivity contribution in [3.05, 3.63) is 58.9 Å². The molecule has 1 aliphatic carbocycles. The molecule has 0 bridgehead atoms. The number of carbonyl (C=O) groups excluding carboxylic acids is 1. The Morgan fingerprint density at radius 3 is 2.35 bits per heavy atom. The van der Waals surface area contributed by atoms with Crippen LogP contribution in [0.2, 0.25) is 0 Å². The number of rotatable bonds is 6. The third kappa shape index (κ3) is 4.78. The van der Waals surface area contributed by atoms with E-state index in [4.69, 9.17) is 0 Å². The number of nitrogens with zero attached hydrogens (tertiary/aromatic N) is 2. The molecule has 2 aliphatic rings. The summed E-state index contributed by atoms with van der Waals surface area (Å²) in [7, 11) is -4.15. The Hall–Kier alpha value is -2.60. The van der Waals surface area contributed by atoms with Crippen LogP contribution in [0.1, 0.15) is 55.5 Å². The second-order valence-corrected chi connectivity index (χ2v) is 10.4. The number of hydrogen-bond donors (Lipinski definition) is 1. The molecule has 2 atom stereocenters. The van der Waals surface area contributed by atoms with Crippen molar-refractivity contribution in [3.8, 4) is 0 Å². The van der Waals surface area contributed by atoms with Crippen LogP contribution >= 0.6 is 0 Å². The lowest BCUT2D eigenvalue weighted by Crippen LogP contribution is -2.48. The minimum atomic E-state index is -4.78. The van der Waals surface area contributed by atoms with Gasteiger partial charge in [-0.05, 0) is 62.9 Å². The number of aromatic nitrogens is 1. The fraction of sp³-hybridized carbons (Fsp3) is 0.455. The van der Waals surface area contributed by atoms with Gasteiger partial charge in [-0.15, -0.1) is 0 Å². The number of hydrogen-bond acceptors (Lipinski definition) is 4. The quantitative estimate of drug-likeness (QED) is 0.602. The van der Waals surface area contributed by atoms with E-state index < -0.39 is 58.1 Å². The molecule has 0 unspecified atom stereocenters. The molecule has 2 aromatic rings. The Balaban J connectivity index is 1.56. The van der Waals surface area contributed by atoms with Gasteiger partial charge in [0.1, 0.15) is 23.4 Å². The van der Waals surface area contributed by atoms with E-state index in [1.165, 1.54) is 0 Å². The number of halogens is 5. The summed E-state index contributed by atoms with van der Waals surface area (Å²) in [4.78, 5) is 16.1. The van der Waals surface area contributed by atoms with Crippen LogP contribution in [0.5, 0.6) is 0 Å². The van der Waals surface area contributed by atoms with Gasteiger partial charge in [0.05, 0.1) is 10.6 Å². The largest absolute Gasteiger partial charge is 0.433 e. The lowest BCUT2D eigenvalue weighted by Gasteiger charge is -2.27. The SMILES string of the molecule is C[C@H]1CC[C@@H](C(=O)NCc2cc(C(F)(F)F)nc(C3CC3)c2F)N1S(=O)(=O)c1ccc(F)cc1. The monoisotopic (exact) mass is 503 g/mol. The maximum Gasteiger partial charge on any atom is 0.433 e. The summed E-state index contributed by atoms with van der Waals surface area (Å²) >= 11 is 0. The molecule has 1 aromatic carbocycles. The molecule has 34 heavy (non-hydrogen) atoms. The minimum Gasteiger partial charge on any atom is -0.351 e. The van der Waals surface area contributed by atoms with Crippen molar-refractivity contribution in [2.75, 3.05) is 0 Å². The average molecular weight is 503 g/mol. The second kappa shape index (κ2) is 8.88. The maximum absolute atomic E-state index is 14.8. The van der Waals surface area contributed by atoms with Gasteiger partial charge in [-0.25, -0.2) is 22.2 Å². The van der Waals surface area contributed by atoms with Crippen molar-refractivity contribution >= 4 is 15.9 Å². The normalized spacial score (nSPS) is 21.6. The molecule has 1 saturated heterocycles. The Kier molecular flexibility index (Phi) is 6.40. The van der Waals surface area contributed by atoms with Gasteiger partial charge in [0, 0.05) is 24.1 Å². The van der Waals surface area contributed by atoms with Crippen LogP contribution < -0.4 is 5.32 Å². The van der Waals surface area contributed by atoms with Crippen molar-refractivity contribution in [2.45, 2.75) is 68.2 Å². The fourth-order valence-electron chi connectivity index (χ4n) is 4.15. The van der Waals surface area contributed by atoms with Crippen LogP contribution in [0.25, 0.3) is 0 Å². The van der Waals surface area contributed by atoms with Gasteiger partial charge >= 0.3 is 6.18 Å². The first-order valence-corrected chi connectivity index (χ1v) is 12.2. The molecule has 1 saturated carbocycles. The van der Waals surface area contributed by atoms with Crippen LogP contribution in [-0.2, 0) is 27.5 Å². The molecule has 1 aliphatic heterocycles. The van der Waals surface area contributed by atoms with Gasteiger partial charge in [-0.3, -0.25) is 4.79 Å². The van der Waals surface area contributed by atoms with Gasteiger partial charge in [-0.1, -0.05) is 0 Å². The summed E-state index contributed by atoms with van der Waals surface area (Å²) in [6, 6.07) is 3.05. The maximum atomic E-state index is 14.8. The molecule has 0 spiro atoms. The lowest BCUT2D eigenvalue weighted by atomic mass is 10.1. The number of alkyl halides is 3. The summed E-state index contributed by atoms with van der Waals surface area (Å²) in [5.74, 6) is -2.66. The lowest BCUT2D eigenvalue weighted by molar-refractivity contribution is -0.141. The highest BCUT2D eigenvalue weighted by molar-refractivity contribution is 7.89. The van der Waals surface area contributed by atoms with E-state index in [9.17, 15) is 35.2 Å². The third-order valence-electron chi connectivity index (χ3n) is 6.06. The van der Waals surface area contributed by atoms with E-state index in [0.717, 1.165) is 28.6 Å². The van der Waals surface area contributed by atoms with Crippen LogP contribution in [0, 0.1) is 11.6 Å². The zero-order chi connectivity index (χ0) is 24.8. The van der Waals surface area contributed by atoms with E-state index in [0.29, 0.717) is 25.3 Å². The molecule has 2 heterocycles. The van der Waals surface area contributed by atoms with Crippen LogP contribution in [0.3, 0.4) is 0 Å². The molecule has 1 aromatic heterocycles. The van der Waals surface area contributed by atoms with Gasteiger partial charge in [0.15, 0.2) is 0 Å². The van der Waals surface area contributed by atoms with Crippen molar-refractivity contribution in [1.82, 2.24) is 14.6 Å². The highest BCUT2D eigenvalue weighted by Gasteiger charge is 2.44. The Labute approximate surface area is 193 Å². The fourth-order valence-corrected chi connectivity index (χ4v) is 5.98. The van der Waals surface area contributed by atoms with Crippen molar-refractivity contribution < 1.29 is 35.2 Å². The third-order valence-corrected chi connectivity index (χ3v) is 8.09. The predicted molar refractivity (Wildman–Crippen MR) is 111 cm³/mol. The number of benzene rings is 1. The van der Waals surface area contributed by atoms with E-state index in [1.807, 2.05) is 0 Å². The van der Waals surface area contributed by atoms with Crippen molar-refractivity contribution in [1.29, 1.82) is 0 Å². The zero-order valence-corrected chi connectivity index (χ0v) is 18.9. The molecule has 2 fully saturated rings. The smallest absolute Gasteiger partial charge is 0.351 e. The van der Waals surface area contributed by atoms with Gasteiger partial charge in [-0.2, -0.15) is 17.5 Å². The highest BCUT2D eigenvalue weighted by atomic mass is 32.2.